The Morgan fingerprint density at radius 2 is 2.07 bits per heavy atom. The number of hydrogen-bond acceptors (Lipinski definition) is 2. The molecule has 1 aromatic carbocycles. The minimum atomic E-state index is -0.152. The van der Waals surface area contributed by atoms with Crippen molar-refractivity contribution < 1.29 is 4.74 Å². The maximum Gasteiger partial charge on any atom is 0.0663 e. The molecule has 0 aromatic heterocycles. The summed E-state index contributed by atoms with van der Waals surface area (Å²) in [5.74, 6) is 0. The van der Waals surface area contributed by atoms with E-state index >= 15 is 0 Å². The summed E-state index contributed by atoms with van der Waals surface area (Å²) in [5.41, 5.74) is 8.07. The van der Waals surface area contributed by atoms with Crippen molar-refractivity contribution in [1.29, 1.82) is 0 Å². The topological polar surface area (TPSA) is 35.2 Å². The largest absolute Gasteiger partial charge is 0.377 e. The molecule has 0 saturated carbocycles. The number of hydrogen-bond donors (Lipinski definition) is 1. The van der Waals surface area contributed by atoms with E-state index in [9.17, 15) is 0 Å². The van der Waals surface area contributed by atoms with Crippen molar-refractivity contribution >= 4 is 11.6 Å². The summed E-state index contributed by atoms with van der Waals surface area (Å²) >= 11 is 6.10. The van der Waals surface area contributed by atoms with Crippen LogP contribution in [0.4, 0.5) is 0 Å². The molecule has 0 radical (unpaired) electrons. The van der Waals surface area contributed by atoms with Crippen molar-refractivity contribution in [2.45, 2.75) is 32.9 Å². The molecule has 0 aliphatic heterocycles. The summed E-state index contributed by atoms with van der Waals surface area (Å²) in [7, 11) is 0. The third kappa shape index (κ3) is 3.82. The van der Waals surface area contributed by atoms with Gasteiger partial charge in [-0.2, -0.15) is 0 Å². The summed E-state index contributed by atoms with van der Waals surface area (Å²) < 4.78 is 5.46. The fourth-order valence-corrected chi connectivity index (χ4v) is 1.69. The molecule has 0 heterocycles. The van der Waals surface area contributed by atoms with Crippen molar-refractivity contribution in [2.24, 2.45) is 5.73 Å². The van der Waals surface area contributed by atoms with Crippen LogP contribution in [0.25, 0.3) is 0 Å². The van der Waals surface area contributed by atoms with Crippen LogP contribution in [0.5, 0.6) is 0 Å². The number of aryl methyl sites for hydroxylation is 1. The SMILES string of the molecule is Cc1ccc(C(N)COC(C)C)c(Cl)c1. The van der Waals surface area contributed by atoms with Gasteiger partial charge in [-0.3, -0.25) is 0 Å². The zero-order chi connectivity index (χ0) is 11.4. The van der Waals surface area contributed by atoms with Gasteiger partial charge < -0.3 is 10.5 Å². The summed E-state index contributed by atoms with van der Waals surface area (Å²) in [4.78, 5) is 0. The van der Waals surface area contributed by atoms with Gasteiger partial charge in [-0.05, 0) is 38.0 Å². The first-order valence-electron chi connectivity index (χ1n) is 5.14. The lowest BCUT2D eigenvalue weighted by Crippen LogP contribution is -2.20. The molecule has 1 aromatic rings. The number of nitrogens with two attached hydrogens (primary N) is 1. The molecule has 0 aliphatic carbocycles. The molecular weight excluding hydrogens is 210 g/mol. The molecule has 0 saturated heterocycles. The van der Waals surface area contributed by atoms with Gasteiger partial charge >= 0.3 is 0 Å². The monoisotopic (exact) mass is 227 g/mol. The van der Waals surface area contributed by atoms with E-state index in [0.29, 0.717) is 6.61 Å². The Balaban J connectivity index is 2.69. The van der Waals surface area contributed by atoms with Crippen LogP contribution in [-0.4, -0.2) is 12.7 Å². The van der Waals surface area contributed by atoms with Crippen molar-refractivity contribution in [3.63, 3.8) is 0 Å². The predicted octanol–water partition coefficient (Wildman–Crippen LogP) is 3.07. The molecular formula is C12H18ClNO. The lowest BCUT2D eigenvalue weighted by Gasteiger charge is -2.16. The molecule has 1 atom stereocenters. The first-order chi connectivity index (χ1) is 7.00. The maximum absolute atomic E-state index is 6.10. The van der Waals surface area contributed by atoms with E-state index < -0.39 is 0 Å². The lowest BCUT2D eigenvalue weighted by atomic mass is 10.1. The van der Waals surface area contributed by atoms with Gasteiger partial charge in [0.1, 0.15) is 0 Å². The maximum atomic E-state index is 6.10. The van der Waals surface area contributed by atoms with Gasteiger partial charge in [0.2, 0.25) is 0 Å². The van der Waals surface area contributed by atoms with Crippen molar-refractivity contribution in [3.05, 3.63) is 34.3 Å². The fourth-order valence-electron chi connectivity index (χ4n) is 1.32. The first-order valence-corrected chi connectivity index (χ1v) is 5.51. The van der Waals surface area contributed by atoms with Crippen molar-refractivity contribution in [1.82, 2.24) is 0 Å². The van der Waals surface area contributed by atoms with Crippen LogP contribution < -0.4 is 5.73 Å². The Kier molecular flexibility index (Phi) is 4.58. The Hall–Kier alpha value is -0.570. The summed E-state index contributed by atoms with van der Waals surface area (Å²) in [6, 6.07) is 5.75. The van der Waals surface area contributed by atoms with Crippen molar-refractivity contribution in [3.8, 4) is 0 Å². The normalized spacial score (nSPS) is 13.2. The second-order valence-corrected chi connectivity index (χ2v) is 4.42. The molecule has 0 spiro atoms. The Labute approximate surface area is 96.4 Å². The van der Waals surface area contributed by atoms with Gasteiger partial charge in [-0.1, -0.05) is 23.7 Å². The van der Waals surface area contributed by atoms with E-state index in [0.717, 1.165) is 16.1 Å². The predicted molar refractivity (Wildman–Crippen MR) is 64.2 cm³/mol. The third-order valence-electron chi connectivity index (χ3n) is 2.16. The third-order valence-corrected chi connectivity index (χ3v) is 2.49. The van der Waals surface area contributed by atoms with Crippen LogP contribution in [0.15, 0.2) is 18.2 Å². The summed E-state index contributed by atoms with van der Waals surface area (Å²) in [6.07, 6.45) is 0.195. The Bertz CT molecular complexity index is 325. The molecule has 3 heteroatoms. The highest BCUT2D eigenvalue weighted by molar-refractivity contribution is 6.31. The number of halogens is 1. The number of benzene rings is 1. The second kappa shape index (κ2) is 5.50. The van der Waals surface area contributed by atoms with Crippen molar-refractivity contribution in [2.75, 3.05) is 6.61 Å². The van der Waals surface area contributed by atoms with Crippen LogP contribution >= 0.6 is 11.6 Å². The Morgan fingerprint density at radius 1 is 1.40 bits per heavy atom. The van der Waals surface area contributed by atoms with Crippen LogP contribution in [0.3, 0.4) is 0 Å². The molecule has 2 nitrogen and oxygen atoms in total. The van der Waals surface area contributed by atoms with Gasteiger partial charge in [-0.25, -0.2) is 0 Å². The van der Waals surface area contributed by atoms with Gasteiger partial charge in [0.05, 0.1) is 18.8 Å². The van der Waals surface area contributed by atoms with Crippen LogP contribution in [0.1, 0.15) is 31.0 Å². The fraction of sp³-hybridized carbons (Fsp3) is 0.500. The molecule has 0 aliphatic rings. The molecule has 1 rings (SSSR count). The minimum Gasteiger partial charge on any atom is -0.377 e. The molecule has 0 bridgehead atoms. The van der Waals surface area contributed by atoms with Gasteiger partial charge in [0, 0.05) is 5.02 Å². The van der Waals surface area contributed by atoms with E-state index in [2.05, 4.69) is 0 Å². The average molecular weight is 228 g/mol. The molecule has 1 unspecified atom stereocenters. The summed E-state index contributed by atoms with van der Waals surface area (Å²) in [5, 5.41) is 0.717. The quantitative estimate of drug-likeness (QED) is 0.858. The van der Waals surface area contributed by atoms with E-state index in [4.69, 9.17) is 22.1 Å². The molecule has 0 amide bonds. The standard InChI is InChI=1S/C12H18ClNO/c1-8(2)15-7-12(14)10-5-4-9(3)6-11(10)13/h4-6,8,12H,7,14H2,1-3H3. The molecule has 2 N–H and O–H groups in total. The zero-order valence-corrected chi connectivity index (χ0v) is 10.2. The minimum absolute atomic E-state index is 0.152. The van der Waals surface area contributed by atoms with E-state index in [1.54, 1.807) is 0 Å². The lowest BCUT2D eigenvalue weighted by molar-refractivity contribution is 0.0683. The van der Waals surface area contributed by atoms with Gasteiger partial charge in [0.15, 0.2) is 0 Å². The van der Waals surface area contributed by atoms with E-state index in [1.165, 1.54) is 0 Å². The van der Waals surface area contributed by atoms with Gasteiger partial charge in [-0.15, -0.1) is 0 Å². The van der Waals surface area contributed by atoms with E-state index in [-0.39, 0.29) is 12.1 Å². The average Bonchev–Trinajstić information content (AvgIpc) is 2.14. The first kappa shape index (κ1) is 12.5. The molecule has 84 valence electrons. The highest BCUT2D eigenvalue weighted by Gasteiger charge is 2.10. The van der Waals surface area contributed by atoms with Crippen LogP contribution in [0, 0.1) is 6.92 Å². The number of ether oxygens (including phenoxy) is 1. The number of rotatable bonds is 4. The second-order valence-electron chi connectivity index (χ2n) is 4.01. The zero-order valence-electron chi connectivity index (χ0n) is 9.46. The summed E-state index contributed by atoms with van der Waals surface area (Å²) in [6.45, 7) is 6.49. The Morgan fingerprint density at radius 3 is 2.60 bits per heavy atom. The van der Waals surface area contributed by atoms with E-state index in [1.807, 2.05) is 39.0 Å². The van der Waals surface area contributed by atoms with Crippen LogP contribution in [-0.2, 0) is 4.74 Å². The smallest absolute Gasteiger partial charge is 0.0663 e. The highest BCUT2D eigenvalue weighted by Crippen LogP contribution is 2.23. The molecule has 0 fully saturated rings. The van der Waals surface area contributed by atoms with Gasteiger partial charge in [0.25, 0.3) is 0 Å². The molecule has 15 heavy (non-hydrogen) atoms. The van der Waals surface area contributed by atoms with Crippen LogP contribution in [0.2, 0.25) is 5.02 Å². The highest BCUT2D eigenvalue weighted by atomic mass is 35.5.